The average Bonchev–Trinajstić information content (AvgIpc) is 2.63. The summed E-state index contributed by atoms with van der Waals surface area (Å²) in [4.78, 5) is 0. The molecule has 6 heteroatoms. The summed E-state index contributed by atoms with van der Waals surface area (Å²) in [7, 11) is 1.58. The zero-order valence-corrected chi connectivity index (χ0v) is 13.7. The number of nitrogen functional groups attached to an aromatic ring is 1. The molecule has 0 radical (unpaired) electrons. The lowest BCUT2D eigenvalue weighted by Gasteiger charge is -2.33. The van der Waals surface area contributed by atoms with Crippen molar-refractivity contribution in [3.63, 3.8) is 0 Å². The van der Waals surface area contributed by atoms with Crippen LogP contribution in [0.15, 0.2) is 36.4 Å². The summed E-state index contributed by atoms with van der Waals surface area (Å²) in [6, 6.07) is 10.7. The van der Waals surface area contributed by atoms with Gasteiger partial charge in [-0.2, -0.15) is 0 Å². The van der Waals surface area contributed by atoms with E-state index in [1.165, 1.54) is 0 Å². The lowest BCUT2D eigenvalue weighted by atomic mass is 10.0. The minimum absolute atomic E-state index is 0.194. The van der Waals surface area contributed by atoms with Gasteiger partial charge in [-0.1, -0.05) is 12.1 Å². The van der Waals surface area contributed by atoms with Crippen molar-refractivity contribution in [1.82, 2.24) is 0 Å². The van der Waals surface area contributed by atoms with Crippen LogP contribution in [0.4, 0.5) is 11.4 Å². The third-order valence-electron chi connectivity index (χ3n) is 4.28. The minimum Gasteiger partial charge on any atom is -0.508 e. The van der Waals surface area contributed by atoms with Crippen LogP contribution >= 0.6 is 0 Å². The molecule has 3 rings (SSSR count). The molecule has 6 nitrogen and oxygen atoms in total. The van der Waals surface area contributed by atoms with E-state index in [-0.39, 0.29) is 12.0 Å². The molecule has 2 aromatic rings. The number of nitrogens with zero attached hydrogens (tertiary/aromatic N) is 1. The van der Waals surface area contributed by atoms with Crippen molar-refractivity contribution in [3.8, 4) is 22.6 Å². The summed E-state index contributed by atoms with van der Waals surface area (Å²) in [6.07, 6.45) is 2.80. The number of ether oxygens (including phenoxy) is 2. The number of aromatic hydroxyl groups is 1. The second kappa shape index (κ2) is 6.98. The summed E-state index contributed by atoms with van der Waals surface area (Å²) in [5.74, 6) is 7.08. The molecule has 1 aliphatic heterocycles. The van der Waals surface area contributed by atoms with Gasteiger partial charge in [0.2, 0.25) is 0 Å². The molecule has 1 unspecified atom stereocenters. The van der Waals surface area contributed by atoms with E-state index in [2.05, 4.69) is 0 Å². The van der Waals surface area contributed by atoms with Crippen molar-refractivity contribution in [2.75, 3.05) is 24.5 Å². The number of hydrazine groups is 1. The van der Waals surface area contributed by atoms with Gasteiger partial charge in [0.15, 0.2) is 0 Å². The number of nitrogens with two attached hydrogens (primary N) is 2. The van der Waals surface area contributed by atoms with Crippen molar-refractivity contribution >= 4 is 11.4 Å². The predicted octanol–water partition coefficient (Wildman–Crippen LogP) is 2.86. The first-order valence-electron chi connectivity index (χ1n) is 8.02. The van der Waals surface area contributed by atoms with E-state index >= 15 is 0 Å². The molecule has 5 N–H and O–H groups in total. The van der Waals surface area contributed by atoms with Crippen LogP contribution in [0, 0.1) is 0 Å². The minimum atomic E-state index is -0.194. The molecule has 2 aromatic carbocycles. The molecule has 1 saturated heterocycles. The fourth-order valence-corrected chi connectivity index (χ4v) is 2.91. The largest absolute Gasteiger partial charge is 0.508 e. The molecule has 0 saturated carbocycles. The molecule has 1 heterocycles. The van der Waals surface area contributed by atoms with Crippen LogP contribution in [0.5, 0.6) is 11.5 Å². The number of hydrogen-bond donors (Lipinski definition) is 3. The molecule has 1 aliphatic rings. The quantitative estimate of drug-likeness (QED) is 0.454. The first-order chi connectivity index (χ1) is 11.6. The standard InChI is InChI=1S/C18H23N3O3/c1-23-16-11-13(12-5-7-14(22)8-6-12)10-15(18(16)19)21(20)17-4-2-3-9-24-17/h5-8,10-11,17,22H,2-4,9,19-20H2,1H3. The van der Waals surface area contributed by atoms with Gasteiger partial charge in [-0.3, -0.25) is 5.01 Å². The molecule has 24 heavy (non-hydrogen) atoms. The van der Waals surface area contributed by atoms with Crippen molar-refractivity contribution in [2.45, 2.75) is 25.5 Å². The van der Waals surface area contributed by atoms with Crippen LogP contribution < -0.4 is 21.3 Å². The number of hydrogen-bond acceptors (Lipinski definition) is 6. The molecule has 0 spiro atoms. The Labute approximate surface area is 141 Å². The highest BCUT2D eigenvalue weighted by molar-refractivity contribution is 5.82. The Morgan fingerprint density at radius 1 is 1.17 bits per heavy atom. The molecular weight excluding hydrogens is 306 g/mol. The Morgan fingerprint density at radius 3 is 2.54 bits per heavy atom. The normalized spacial score (nSPS) is 17.5. The zero-order valence-electron chi connectivity index (χ0n) is 13.7. The van der Waals surface area contributed by atoms with Crippen LogP contribution in [0.25, 0.3) is 11.1 Å². The van der Waals surface area contributed by atoms with Gasteiger partial charge in [-0.15, -0.1) is 0 Å². The second-order valence-electron chi connectivity index (χ2n) is 5.89. The van der Waals surface area contributed by atoms with E-state index in [0.717, 1.165) is 30.4 Å². The van der Waals surface area contributed by atoms with Crippen LogP contribution in [0.1, 0.15) is 19.3 Å². The van der Waals surface area contributed by atoms with Gasteiger partial charge in [0.1, 0.15) is 17.7 Å². The van der Waals surface area contributed by atoms with E-state index in [4.69, 9.17) is 21.1 Å². The molecule has 0 bridgehead atoms. The van der Waals surface area contributed by atoms with Gasteiger partial charge in [0.05, 0.1) is 18.5 Å². The lowest BCUT2D eigenvalue weighted by Crippen LogP contribution is -2.45. The van der Waals surface area contributed by atoms with E-state index in [1.807, 2.05) is 24.3 Å². The Kier molecular flexibility index (Phi) is 4.78. The average molecular weight is 329 g/mol. The van der Waals surface area contributed by atoms with E-state index < -0.39 is 0 Å². The van der Waals surface area contributed by atoms with Crippen molar-refractivity contribution in [3.05, 3.63) is 36.4 Å². The molecular formula is C18H23N3O3. The fraction of sp³-hybridized carbons (Fsp3) is 0.333. The topological polar surface area (TPSA) is 94.0 Å². The summed E-state index contributed by atoms with van der Waals surface area (Å²) in [6.45, 7) is 0.701. The third kappa shape index (κ3) is 3.25. The molecule has 1 fully saturated rings. The van der Waals surface area contributed by atoms with Crippen molar-refractivity contribution in [2.24, 2.45) is 5.84 Å². The predicted molar refractivity (Wildman–Crippen MR) is 94.8 cm³/mol. The van der Waals surface area contributed by atoms with Crippen LogP contribution in [0.3, 0.4) is 0 Å². The van der Waals surface area contributed by atoms with Crippen molar-refractivity contribution in [1.29, 1.82) is 0 Å². The first-order valence-corrected chi connectivity index (χ1v) is 8.02. The molecule has 0 aliphatic carbocycles. The molecule has 1 atom stereocenters. The van der Waals surface area contributed by atoms with E-state index in [9.17, 15) is 5.11 Å². The Balaban J connectivity index is 2.01. The Hall–Kier alpha value is -2.44. The maximum Gasteiger partial charge on any atom is 0.144 e. The van der Waals surface area contributed by atoms with Gasteiger partial charge in [-0.05, 0) is 54.7 Å². The van der Waals surface area contributed by atoms with Gasteiger partial charge in [0.25, 0.3) is 0 Å². The maximum absolute atomic E-state index is 9.47. The smallest absolute Gasteiger partial charge is 0.144 e. The zero-order chi connectivity index (χ0) is 17.1. The van der Waals surface area contributed by atoms with E-state index in [0.29, 0.717) is 23.7 Å². The Morgan fingerprint density at radius 2 is 1.92 bits per heavy atom. The van der Waals surface area contributed by atoms with Crippen molar-refractivity contribution < 1.29 is 14.6 Å². The van der Waals surface area contributed by atoms with Gasteiger partial charge < -0.3 is 20.3 Å². The number of rotatable bonds is 4. The monoisotopic (exact) mass is 329 g/mol. The van der Waals surface area contributed by atoms with Crippen LogP contribution in [0.2, 0.25) is 0 Å². The van der Waals surface area contributed by atoms with E-state index in [1.54, 1.807) is 24.3 Å². The highest BCUT2D eigenvalue weighted by Crippen LogP contribution is 2.38. The highest BCUT2D eigenvalue weighted by atomic mass is 16.5. The summed E-state index contributed by atoms with van der Waals surface area (Å²) < 4.78 is 11.2. The first kappa shape index (κ1) is 16.4. The van der Waals surface area contributed by atoms with Gasteiger partial charge in [0, 0.05) is 6.61 Å². The molecule has 128 valence electrons. The third-order valence-corrected chi connectivity index (χ3v) is 4.28. The number of benzene rings is 2. The lowest BCUT2D eigenvalue weighted by molar-refractivity contribution is 0.0142. The number of methoxy groups -OCH3 is 1. The summed E-state index contributed by atoms with van der Waals surface area (Å²) in [5, 5.41) is 11.1. The number of phenols is 1. The second-order valence-corrected chi connectivity index (χ2v) is 5.89. The molecule has 0 aromatic heterocycles. The summed E-state index contributed by atoms with van der Waals surface area (Å²) in [5.41, 5.74) is 9.22. The highest BCUT2D eigenvalue weighted by Gasteiger charge is 2.23. The Bertz CT molecular complexity index is 697. The van der Waals surface area contributed by atoms with Crippen LogP contribution in [-0.4, -0.2) is 25.1 Å². The fourth-order valence-electron chi connectivity index (χ4n) is 2.91. The van der Waals surface area contributed by atoms with Gasteiger partial charge in [-0.25, -0.2) is 5.84 Å². The summed E-state index contributed by atoms with van der Waals surface area (Å²) >= 11 is 0. The number of anilines is 2. The molecule has 0 amide bonds. The van der Waals surface area contributed by atoms with Crippen LogP contribution in [-0.2, 0) is 4.74 Å². The maximum atomic E-state index is 9.47. The van der Waals surface area contributed by atoms with Gasteiger partial charge >= 0.3 is 0 Å². The SMILES string of the molecule is COc1cc(-c2ccc(O)cc2)cc(N(N)C2CCCCO2)c1N. The number of phenolic OH excluding ortho intramolecular Hbond substituents is 1.